The van der Waals surface area contributed by atoms with Crippen molar-refractivity contribution in [1.82, 2.24) is 5.32 Å². The number of hydrogen-bond donors (Lipinski definition) is 1. The number of nitrogens with one attached hydrogen (secondary N) is 1. The summed E-state index contributed by atoms with van der Waals surface area (Å²) in [7, 11) is 0. The molecule has 1 aromatic carbocycles. The summed E-state index contributed by atoms with van der Waals surface area (Å²) >= 11 is 3.28. The van der Waals surface area contributed by atoms with E-state index in [4.69, 9.17) is 0 Å². The highest BCUT2D eigenvalue weighted by molar-refractivity contribution is 9.08. The van der Waals surface area contributed by atoms with Crippen LogP contribution < -0.4 is 5.32 Å². The predicted molar refractivity (Wildman–Crippen MR) is 61.6 cm³/mol. The first-order chi connectivity index (χ1) is 7.90. The number of benzene rings is 1. The first-order valence-electron chi connectivity index (χ1n) is 4.88. The Bertz CT molecular complexity index is 393. The maximum Gasteiger partial charge on any atom is 0.397 e. The molecule has 1 aromatic rings. The van der Waals surface area contributed by atoms with Gasteiger partial charge < -0.3 is 5.32 Å². The maximum atomic E-state index is 11.9. The van der Waals surface area contributed by atoms with Gasteiger partial charge in [-0.3, -0.25) is 4.79 Å². The molecular formula is C11H11BrF3NO. The van der Waals surface area contributed by atoms with E-state index in [0.717, 1.165) is 11.1 Å². The Labute approximate surface area is 105 Å². The molecule has 0 saturated heterocycles. The third-order valence-corrected chi connectivity index (χ3v) is 2.64. The first kappa shape index (κ1) is 14.0. The highest BCUT2D eigenvalue weighted by Gasteiger charge is 2.30. The van der Waals surface area contributed by atoms with Crippen LogP contribution in [0.1, 0.15) is 17.5 Å². The van der Waals surface area contributed by atoms with Crippen LogP contribution in [0.15, 0.2) is 24.3 Å². The summed E-state index contributed by atoms with van der Waals surface area (Å²) in [5, 5.41) is 2.90. The Hall–Kier alpha value is -1.04. The molecule has 0 atom stereocenters. The number of carbonyl (C=O) groups is 1. The molecule has 1 N–H and O–H groups in total. The van der Waals surface area contributed by atoms with E-state index in [2.05, 4.69) is 21.2 Å². The van der Waals surface area contributed by atoms with Crippen molar-refractivity contribution >= 4 is 21.8 Å². The van der Waals surface area contributed by atoms with Gasteiger partial charge in [0.2, 0.25) is 5.91 Å². The Kier molecular flexibility index (Phi) is 4.99. The molecule has 17 heavy (non-hydrogen) atoms. The van der Waals surface area contributed by atoms with Gasteiger partial charge in [0.05, 0.1) is 0 Å². The fourth-order valence-electron chi connectivity index (χ4n) is 1.27. The Morgan fingerprint density at radius 1 is 1.29 bits per heavy atom. The summed E-state index contributed by atoms with van der Waals surface area (Å²) < 4.78 is 35.7. The topological polar surface area (TPSA) is 29.1 Å². The van der Waals surface area contributed by atoms with E-state index in [1.54, 1.807) is 12.1 Å². The largest absolute Gasteiger partial charge is 0.397 e. The molecule has 1 rings (SSSR count). The fourth-order valence-corrected chi connectivity index (χ4v) is 1.62. The predicted octanol–water partition coefficient (Wildman–Crippen LogP) is 3.15. The van der Waals surface area contributed by atoms with E-state index < -0.39 is 18.5 Å². The van der Waals surface area contributed by atoms with Crippen molar-refractivity contribution in [2.75, 3.05) is 0 Å². The molecule has 0 spiro atoms. The maximum absolute atomic E-state index is 11.9. The standard InChI is InChI=1S/C11H11BrF3NO/c12-6-8-2-1-3-9(4-8)7-16-10(17)5-11(13,14)15/h1-4H,5-7H2,(H,16,17). The van der Waals surface area contributed by atoms with Gasteiger partial charge in [-0.05, 0) is 11.1 Å². The molecule has 0 aliphatic rings. The van der Waals surface area contributed by atoms with Crippen molar-refractivity contribution in [3.8, 4) is 0 Å². The van der Waals surface area contributed by atoms with E-state index in [9.17, 15) is 18.0 Å². The minimum Gasteiger partial charge on any atom is -0.352 e. The van der Waals surface area contributed by atoms with Crippen LogP contribution in [-0.4, -0.2) is 12.1 Å². The average Bonchev–Trinajstić information content (AvgIpc) is 2.24. The number of amides is 1. The monoisotopic (exact) mass is 309 g/mol. The SMILES string of the molecule is O=C(CC(F)(F)F)NCc1cccc(CBr)c1. The molecule has 0 aromatic heterocycles. The van der Waals surface area contributed by atoms with Crippen LogP contribution in [0.5, 0.6) is 0 Å². The van der Waals surface area contributed by atoms with Crippen LogP contribution in [0, 0.1) is 0 Å². The number of alkyl halides is 4. The zero-order valence-corrected chi connectivity index (χ0v) is 10.4. The highest BCUT2D eigenvalue weighted by Crippen LogP contribution is 2.19. The lowest BCUT2D eigenvalue weighted by Crippen LogP contribution is -2.28. The quantitative estimate of drug-likeness (QED) is 0.851. The molecule has 0 heterocycles. The average molecular weight is 310 g/mol. The van der Waals surface area contributed by atoms with Crippen molar-refractivity contribution in [2.24, 2.45) is 0 Å². The highest BCUT2D eigenvalue weighted by atomic mass is 79.9. The van der Waals surface area contributed by atoms with E-state index in [0.29, 0.717) is 5.33 Å². The van der Waals surface area contributed by atoms with Gasteiger partial charge in [0, 0.05) is 11.9 Å². The summed E-state index contributed by atoms with van der Waals surface area (Å²) in [5.41, 5.74) is 1.78. The fraction of sp³-hybridized carbons (Fsp3) is 0.364. The molecule has 0 bridgehead atoms. The van der Waals surface area contributed by atoms with Gasteiger partial charge in [-0.15, -0.1) is 0 Å². The zero-order chi connectivity index (χ0) is 12.9. The van der Waals surface area contributed by atoms with Gasteiger partial charge in [-0.1, -0.05) is 40.2 Å². The molecule has 1 amide bonds. The summed E-state index contributed by atoms with van der Waals surface area (Å²) in [4.78, 5) is 10.9. The third kappa shape index (κ3) is 5.72. The van der Waals surface area contributed by atoms with E-state index in [1.165, 1.54) is 0 Å². The molecule has 0 saturated carbocycles. The van der Waals surface area contributed by atoms with Crippen molar-refractivity contribution in [2.45, 2.75) is 24.5 Å². The summed E-state index contributed by atoms with van der Waals surface area (Å²) in [6, 6.07) is 7.25. The Morgan fingerprint density at radius 2 is 1.94 bits per heavy atom. The van der Waals surface area contributed by atoms with E-state index in [-0.39, 0.29) is 6.54 Å². The molecule has 0 unspecified atom stereocenters. The van der Waals surface area contributed by atoms with Crippen LogP contribution in [0.3, 0.4) is 0 Å². The summed E-state index contributed by atoms with van der Waals surface area (Å²) in [5.74, 6) is -1.01. The van der Waals surface area contributed by atoms with Crippen molar-refractivity contribution in [3.63, 3.8) is 0 Å². The van der Waals surface area contributed by atoms with Gasteiger partial charge in [0.1, 0.15) is 6.42 Å². The number of rotatable bonds is 4. The van der Waals surface area contributed by atoms with Crippen LogP contribution in [0.2, 0.25) is 0 Å². The second kappa shape index (κ2) is 6.05. The minimum atomic E-state index is -4.46. The second-order valence-corrected chi connectivity index (χ2v) is 4.08. The Balaban J connectivity index is 2.47. The molecule has 0 aliphatic carbocycles. The van der Waals surface area contributed by atoms with E-state index >= 15 is 0 Å². The van der Waals surface area contributed by atoms with Gasteiger partial charge in [-0.25, -0.2) is 0 Å². The lowest BCUT2D eigenvalue weighted by Gasteiger charge is -2.08. The molecular weight excluding hydrogens is 299 g/mol. The van der Waals surface area contributed by atoms with Crippen molar-refractivity contribution in [1.29, 1.82) is 0 Å². The van der Waals surface area contributed by atoms with Gasteiger partial charge in [-0.2, -0.15) is 13.2 Å². The van der Waals surface area contributed by atoms with Crippen LogP contribution >= 0.6 is 15.9 Å². The van der Waals surface area contributed by atoms with Gasteiger partial charge >= 0.3 is 6.18 Å². The third-order valence-electron chi connectivity index (χ3n) is 2.00. The second-order valence-electron chi connectivity index (χ2n) is 3.52. The van der Waals surface area contributed by atoms with Gasteiger partial charge in [0.15, 0.2) is 0 Å². The molecule has 0 aliphatic heterocycles. The lowest BCUT2D eigenvalue weighted by molar-refractivity contribution is -0.153. The van der Waals surface area contributed by atoms with Crippen LogP contribution in [-0.2, 0) is 16.7 Å². The van der Waals surface area contributed by atoms with Gasteiger partial charge in [0.25, 0.3) is 0 Å². The molecule has 2 nitrogen and oxygen atoms in total. The van der Waals surface area contributed by atoms with Crippen molar-refractivity contribution in [3.05, 3.63) is 35.4 Å². The molecule has 6 heteroatoms. The van der Waals surface area contributed by atoms with Crippen LogP contribution in [0.25, 0.3) is 0 Å². The van der Waals surface area contributed by atoms with E-state index in [1.807, 2.05) is 12.1 Å². The Morgan fingerprint density at radius 3 is 2.53 bits per heavy atom. The molecule has 0 fully saturated rings. The normalized spacial score (nSPS) is 11.3. The number of hydrogen-bond acceptors (Lipinski definition) is 1. The lowest BCUT2D eigenvalue weighted by atomic mass is 10.1. The summed E-state index contributed by atoms with van der Waals surface area (Å²) in [6.07, 6.45) is -5.90. The first-order valence-corrected chi connectivity index (χ1v) is 6.00. The van der Waals surface area contributed by atoms with Crippen LogP contribution in [0.4, 0.5) is 13.2 Å². The summed E-state index contributed by atoms with van der Waals surface area (Å²) in [6.45, 7) is 0.107. The molecule has 94 valence electrons. The number of halogens is 4. The van der Waals surface area contributed by atoms with Crippen molar-refractivity contribution < 1.29 is 18.0 Å². The number of carbonyl (C=O) groups excluding carboxylic acids is 1. The minimum absolute atomic E-state index is 0.107. The zero-order valence-electron chi connectivity index (χ0n) is 8.85. The smallest absolute Gasteiger partial charge is 0.352 e. The molecule has 0 radical (unpaired) electrons.